The van der Waals surface area contributed by atoms with Gasteiger partial charge < -0.3 is 24.4 Å². The van der Waals surface area contributed by atoms with Gasteiger partial charge in [0.25, 0.3) is 0 Å². The molecule has 2 heterocycles. The number of methoxy groups -OCH3 is 2. The van der Waals surface area contributed by atoms with E-state index in [4.69, 9.17) is 14.2 Å². The zero-order valence-electron chi connectivity index (χ0n) is 22.4. The van der Waals surface area contributed by atoms with Crippen LogP contribution in [0.15, 0.2) is 42.7 Å². The van der Waals surface area contributed by atoms with Crippen LogP contribution in [0.25, 0.3) is 0 Å². The van der Waals surface area contributed by atoms with Crippen LogP contribution in [0, 0.1) is 5.82 Å². The van der Waals surface area contributed by atoms with E-state index in [2.05, 4.69) is 33.2 Å². The molecule has 202 valence electrons. The first-order valence-electron chi connectivity index (χ1n) is 13.0. The molecule has 3 aromatic rings. The van der Waals surface area contributed by atoms with E-state index >= 15 is 0 Å². The lowest BCUT2D eigenvalue weighted by molar-refractivity contribution is 0.0987. The summed E-state index contributed by atoms with van der Waals surface area (Å²) in [6, 6.07) is 9.00. The smallest absolute Gasteiger partial charge is 0.227 e. The quantitative estimate of drug-likeness (QED) is 0.319. The number of ether oxygens (including phenoxy) is 3. The fraction of sp³-hybridized carbons (Fsp3) is 0.414. The number of halogens is 1. The van der Waals surface area contributed by atoms with Gasteiger partial charge in [0.2, 0.25) is 5.95 Å². The Morgan fingerprint density at radius 3 is 2.39 bits per heavy atom. The molecule has 1 aliphatic heterocycles. The number of benzene rings is 2. The second kappa shape index (κ2) is 12.7. The molecule has 0 atom stereocenters. The van der Waals surface area contributed by atoms with E-state index in [1.54, 1.807) is 14.0 Å². The van der Waals surface area contributed by atoms with Gasteiger partial charge in [0.1, 0.15) is 12.4 Å². The fourth-order valence-corrected chi connectivity index (χ4v) is 4.71. The van der Waals surface area contributed by atoms with E-state index in [0.717, 1.165) is 43.9 Å². The normalized spacial score (nSPS) is 14.2. The van der Waals surface area contributed by atoms with Gasteiger partial charge in [-0.3, -0.25) is 4.79 Å². The number of likely N-dealkylation sites (tertiary alicyclic amines) is 1. The molecule has 38 heavy (non-hydrogen) atoms. The zero-order chi connectivity index (χ0) is 27.1. The Balaban J connectivity index is 1.40. The van der Waals surface area contributed by atoms with Gasteiger partial charge >= 0.3 is 0 Å². The minimum absolute atomic E-state index is 0.00608. The number of hydrogen-bond donors (Lipinski definition) is 1. The third kappa shape index (κ3) is 6.39. The summed E-state index contributed by atoms with van der Waals surface area (Å²) in [5.41, 5.74) is 2.65. The molecule has 1 fully saturated rings. The van der Waals surface area contributed by atoms with Crippen molar-refractivity contribution in [1.82, 2.24) is 14.9 Å². The van der Waals surface area contributed by atoms with Gasteiger partial charge in [-0.2, -0.15) is 0 Å². The second-order valence-corrected chi connectivity index (χ2v) is 9.25. The van der Waals surface area contributed by atoms with Crippen molar-refractivity contribution in [3.05, 3.63) is 65.2 Å². The molecule has 2 aromatic carbocycles. The number of hydrogen-bond acceptors (Lipinski definition) is 8. The number of carbonyl (C=O) groups is 1. The molecular formula is C29H35FN4O4. The van der Waals surface area contributed by atoms with Crippen LogP contribution < -0.4 is 19.5 Å². The maximum absolute atomic E-state index is 14.7. The first kappa shape index (κ1) is 27.3. The highest BCUT2D eigenvalue weighted by Crippen LogP contribution is 2.36. The van der Waals surface area contributed by atoms with Crippen LogP contribution >= 0.6 is 0 Å². The molecule has 0 radical (unpaired) electrons. The fourth-order valence-electron chi connectivity index (χ4n) is 4.71. The van der Waals surface area contributed by atoms with Crippen molar-refractivity contribution in [2.45, 2.75) is 45.6 Å². The summed E-state index contributed by atoms with van der Waals surface area (Å²) in [4.78, 5) is 23.2. The Hall–Kier alpha value is -3.72. The SMILES string of the molecule is CCC(=O)c1cc(COc2cnc(Nc3ccc(C4CCN(CC)CC4)c(OC)c3)nc2)c(F)c(OC)c1. The molecule has 9 heteroatoms. The number of nitrogens with one attached hydrogen (secondary N) is 1. The third-order valence-corrected chi connectivity index (χ3v) is 6.96. The third-order valence-electron chi connectivity index (χ3n) is 6.96. The zero-order valence-corrected chi connectivity index (χ0v) is 22.4. The number of ketones is 1. The number of rotatable bonds is 11. The topological polar surface area (TPSA) is 85.8 Å². The Morgan fingerprint density at radius 2 is 1.76 bits per heavy atom. The molecule has 0 amide bonds. The molecular weight excluding hydrogens is 487 g/mol. The monoisotopic (exact) mass is 522 g/mol. The summed E-state index contributed by atoms with van der Waals surface area (Å²) in [5, 5.41) is 3.20. The summed E-state index contributed by atoms with van der Waals surface area (Å²) >= 11 is 0. The van der Waals surface area contributed by atoms with Crippen LogP contribution in [-0.4, -0.2) is 54.5 Å². The first-order valence-corrected chi connectivity index (χ1v) is 13.0. The van der Waals surface area contributed by atoms with Crippen LogP contribution in [0.4, 0.5) is 16.0 Å². The van der Waals surface area contributed by atoms with Crippen molar-refractivity contribution >= 4 is 17.4 Å². The van der Waals surface area contributed by atoms with E-state index in [1.165, 1.54) is 37.2 Å². The highest BCUT2D eigenvalue weighted by molar-refractivity contribution is 5.96. The molecule has 0 unspecified atom stereocenters. The van der Waals surface area contributed by atoms with E-state index in [0.29, 0.717) is 29.6 Å². The number of Topliss-reactive ketones (excluding diaryl/α,β-unsaturated/α-hetero) is 1. The average molecular weight is 523 g/mol. The Morgan fingerprint density at radius 1 is 1.05 bits per heavy atom. The van der Waals surface area contributed by atoms with E-state index < -0.39 is 5.82 Å². The van der Waals surface area contributed by atoms with Gasteiger partial charge in [-0.1, -0.05) is 19.9 Å². The molecule has 1 saturated heterocycles. The molecule has 0 spiro atoms. The number of nitrogens with zero attached hydrogens (tertiary/aromatic N) is 3. The minimum atomic E-state index is -0.562. The van der Waals surface area contributed by atoms with Crippen LogP contribution in [0.3, 0.4) is 0 Å². The van der Waals surface area contributed by atoms with Crippen LogP contribution in [0.5, 0.6) is 17.2 Å². The highest BCUT2D eigenvalue weighted by Gasteiger charge is 2.22. The predicted molar refractivity (Wildman–Crippen MR) is 144 cm³/mol. The van der Waals surface area contributed by atoms with Gasteiger partial charge in [-0.25, -0.2) is 14.4 Å². The lowest BCUT2D eigenvalue weighted by atomic mass is 9.88. The molecule has 0 bridgehead atoms. The molecule has 1 N–H and O–H groups in total. The maximum atomic E-state index is 14.7. The Bertz CT molecular complexity index is 1240. The van der Waals surface area contributed by atoms with Gasteiger partial charge in [-0.05, 0) is 62.2 Å². The lowest BCUT2D eigenvalue weighted by Crippen LogP contribution is -2.32. The summed E-state index contributed by atoms with van der Waals surface area (Å²) < 4.78 is 31.2. The predicted octanol–water partition coefficient (Wildman–Crippen LogP) is 5.75. The summed E-state index contributed by atoms with van der Waals surface area (Å²) in [6.07, 6.45) is 5.58. The van der Waals surface area contributed by atoms with Gasteiger partial charge in [0.05, 0.1) is 26.6 Å². The molecule has 0 saturated carbocycles. The summed E-state index contributed by atoms with van der Waals surface area (Å²) in [5.74, 6) is 1.44. The Kier molecular flexibility index (Phi) is 9.12. The van der Waals surface area contributed by atoms with Crippen LogP contribution in [0.2, 0.25) is 0 Å². The van der Waals surface area contributed by atoms with Crippen molar-refractivity contribution < 1.29 is 23.4 Å². The number of anilines is 2. The molecule has 4 rings (SSSR count). The van der Waals surface area contributed by atoms with Crippen molar-refractivity contribution in [3.63, 3.8) is 0 Å². The van der Waals surface area contributed by atoms with E-state index in [-0.39, 0.29) is 23.7 Å². The summed E-state index contributed by atoms with van der Waals surface area (Å²) in [6.45, 7) is 7.16. The average Bonchev–Trinajstić information content (AvgIpc) is 2.97. The molecule has 1 aromatic heterocycles. The number of carbonyl (C=O) groups excluding carboxylic acids is 1. The maximum Gasteiger partial charge on any atom is 0.227 e. The van der Waals surface area contributed by atoms with Gasteiger partial charge in [0.15, 0.2) is 23.1 Å². The largest absolute Gasteiger partial charge is 0.496 e. The van der Waals surface area contributed by atoms with Crippen molar-refractivity contribution in [3.8, 4) is 17.2 Å². The minimum Gasteiger partial charge on any atom is -0.496 e. The molecule has 0 aliphatic carbocycles. The standard InChI is InChI=1S/C29H35FN4O4/c1-5-25(35)20-13-21(28(30)27(14-20)37-4)18-38-23-16-31-29(32-17-23)33-22-7-8-24(26(15-22)36-3)19-9-11-34(6-2)12-10-19/h7-8,13-17,19H,5-6,9-12,18H2,1-4H3,(H,31,32,33). The van der Waals surface area contributed by atoms with E-state index in [1.807, 2.05) is 12.1 Å². The summed E-state index contributed by atoms with van der Waals surface area (Å²) in [7, 11) is 3.06. The van der Waals surface area contributed by atoms with Crippen molar-refractivity contribution in [2.75, 3.05) is 39.2 Å². The van der Waals surface area contributed by atoms with Crippen molar-refractivity contribution in [2.24, 2.45) is 0 Å². The molecule has 8 nitrogen and oxygen atoms in total. The van der Waals surface area contributed by atoms with Gasteiger partial charge in [-0.15, -0.1) is 0 Å². The number of aromatic nitrogens is 2. The van der Waals surface area contributed by atoms with Gasteiger partial charge in [0, 0.05) is 29.3 Å². The number of piperidine rings is 1. The van der Waals surface area contributed by atoms with Crippen LogP contribution in [-0.2, 0) is 6.61 Å². The van der Waals surface area contributed by atoms with E-state index in [9.17, 15) is 9.18 Å². The highest BCUT2D eigenvalue weighted by atomic mass is 19.1. The van der Waals surface area contributed by atoms with Crippen LogP contribution in [0.1, 0.15) is 60.5 Å². The second-order valence-electron chi connectivity index (χ2n) is 9.25. The molecule has 1 aliphatic rings. The lowest BCUT2D eigenvalue weighted by Gasteiger charge is -2.32. The Labute approximate surface area is 223 Å². The first-order chi connectivity index (χ1) is 18.4. The van der Waals surface area contributed by atoms with Crippen molar-refractivity contribution in [1.29, 1.82) is 0 Å².